The molecule has 0 spiro atoms. The lowest BCUT2D eigenvalue weighted by atomic mass is 10.0. The van der Waals surface area contributed by atoms with Crippen molar-refractivity contribution in [3.05, 3.63) is 64.4 Å². The van der Waals surface area contributed by atoms with Gasteiger partial charge < -0.3 is 14.8 Å². The van der Waals surface area contributed by atoms with Gasteiger partial charge >= 0.3 is 0 Å². The minimum absolute atomic E-state index is 0.0269. The molecule has 1 saturated heterocycles. The summed E-state index contributed by atoms with van der Waals surface area (Å²) in [6.07, 6.45) is 0.0269. The van der Waals surface area contributed by atoms with E-state index in [4.69, 9.17) is 21.1 Å². The first-order chi connectivity index (χ1) is 13.5. The molecule has 0 bridgehead atoms. The van der Waals surface area contributed by atoms with E-state index < -0.39 is 0 Å². The Labute approximate surface area is 169 Å². The van der Waals surface area contributed by atoms with Crippen LogP contribution in [0.25, 0.3) is 0 Å². The monoisotopic (exact) mass is 406 g/mol. The molecule has 0 aliphatic carbocycles. The lowest BCUT2D eigenvalue weighted by Gasteiger charge is -2.38. The van der Waals surface area contributed by atoms with Crippen LogP contribution in [0, 0.1) is 5.82 Å². The van der Waals surface area contributed by atoms with Crippen molar-refractivity contribution < 1.29 is 18.7 Å². The third kappa shape index (κ3) is 4.82. The van der Waals surface area contributed by atoms with Gasteiger partial charge in [0, 0.05) is 35.8 Å². The zero-order valence-corrected chi connectivity index (χ0v) is 16.7. The number of nitrogens with one attached hydrogen (secondary N) is 1. The van der Waals surface area contributed by atoms with Gasteiger partial charge in [0.2, 0.25) is 0 Å². The maximum Gasteiger partial charge on any atom is 0.251 e. The zero-order chi connectivity index (χ0) is 20.1. The van der Waals surface area contributed by atoms with Crippen molar-refractivity contribution in [3.63, 3.8) is 0 Å². The topological polar surface area (TPSA) is 50.8 Å². The Kier molecular flexibility index (Phi) is 6.88. The van der Waals surface area contributed by atoms with Crippen LogP contribution in [0.1, 0.15) is 28.9 Å². The third-order valence-electron chi connectivity index (χ3n) is 4.85. The fourth-order valence-electron chi connectivity index (χ4n) is 3.41. The van der Waals surface area contributed by atoms with Gasteiger partial charge in [0.1, 0.15) is 11.6 Å². The van der Waals surface area contributed by atoms with Crippen LogP contribution in [-0.2, 0) is 4.74 Å². The average Bonchev–Trinajstić information content (AvgIpc) is 2.70. The smallest absolute Gasteiger partial charge is 0.251 e. The SMILES string of the molecule is COc1ccc(C(=O)NCC(c2c(F)cccc2Cl)N2CCOC(C)C2)cc1. The summed E-state index contributed by atoms with van der Waals surface area (Å²) in [6.45, 7) is 4.03. The van der Waals surface area contributed by atoms with E-state index in [2.05, 4.69) is 10.2 Å². The molecular formula is C21H24ClFN2O3. The van der Waals surface area contributed by atoms with Crippen LogP contribution in [0.2, 0.25) is 5.02 Å². The van der Waals surface area contributed by atoms with Crippen molar-refractivity contribution in [1.29, 1.82) is 0 Å². The van der Waals surface area contributed by atoms with E-state index in [0.29, 0.717) is 41.6 Å². The Hall–Kier alpha value is -2.15. The molecule has 150 valence electrons. The molecule has 1 N–H and O–H groups in total. The highest BCUT2D eigenvalue weighted by Gasteiger charge is 2.29. The number of carbonyl (C=O) groups is 1. The maximum atomic E-state index is 14.6. The number of morpholine rings is 1. The van der Waals surface area contributed by atoms with Gasteiger partial charge in [-0.05, 0) is 43.3 Å². The van der Waals surface area contributed by atoms with Crippen LogP contribution in [0.15, 0.2) is 42.5 Å². The summed E-state index contributed by atoms with van der Waals surface area (Å²) in [5.41, 5.74) is 0.905. The number of methoxy groups -OCH3 is 1. The number of ether oxygens (including phenoxy) is 2. The van der Waals surface area contributed by atoms with Crippen molar-refractivity contribution in [2.45, 2.75) is 19.1 Å². The normalized spacial score (nSPS) is 18.5. The van der Waals surface area contributed by atoms with Crippen LogP contribution >= 0.6 is 11.6 Å². The second-order valence-electron chi connectivity index (χ2n) is 6.77. The minimum atomic E-state index is -0.387. The number of nitrogens with zero attached hydrogens (tertiary/aromatic N) is 1. The molecular weight excluding hydrogens is 383 g/mol. The van der Waals surface area contributed by atoms with Gasteiger partial charge in [0.15, 0.2) is 0 Å². The summed E-state index contributed by atoms with van der Waals surface area (Å²) in [5, 5.41) is 3.26. The molecule has 1 amide bonds. The van der Waals surface area contributed by atoms with Crippen LogP contribution in [0.5, 0.6) is 5.75 Å². The minimum Gasteiger partial charge on any atom is -0.497 e. The molecule has 1 fully saturated rings. The highest BCUT2D eigenvalue weighted by atomic mass is 35.5. The molecule has 1 heterocycles. The van der Waals surface area contributed by atoms with Crippen molar-refractivity contribution in [2.75, 3.05) is 33.4 Å². The fourth-order valence-corrected chi connectivity index (χ4v) is 3.69. The van der Waals surface area contributed by atoms with E-state index in [1.54, 1.807) is 43.5 Å². The van der Waals surface area contributed by atoms with E-state index in [9.17, 15) is 9.18 Å². The first kappa shape index (κ1) is 20.6. The average molecular weight is 407 g/mol. The summed E-state index contributed by atoms with van der Waals surface area (Å²) < 4.78 is 25.3. The number of halogens is 2. The molecule has 1 aliphatic rings. The fraction of sp³-hybridized carbons (Fsp3) is 0.381. The highest BCUT2D eigenvalue weighted by molar-refractivity contribution is 6.31. The number of amides is 1. The molecule has 28 heavy (non-hydrogen) atoms. The lowest BCUT2D eigenvalue weighted by molar-refractivity contribution is -0.0346. The molecule has 0 aromatic heterocycles. The van der Waals surface area contributed by atoms with Gasteiger partial charge in [-0.25, -0.2) is 4.39 Å². The first-order valence-corrected chi connectivity index (χ1v) is 9.59. The second kappa shape index (κ2) is 9.37. The second-order valence-corrected chi connectivity index (χ2v) is 7.17. The summed E-state index contributed by atoms with van der Waals surface area (Å²) in [5.74, 6) is 0.0617. The van der Waals surface area contributed by atoms with Gasteiger partial charge in [-0.15, -0.1) is 0 Å². The van der Waals surface area contributed by atoms with Gasteiger partial charge in [-0.1, -0.05) is 17.7 Å². The van der Waals surface area contributed by atoms with Gasteiger partial charge in [-0.3, -0.25) is 9.69 Å². The number of benzene rings is 2. The Morgan fingerprint density at radius 3 is 2.75 bits per heavy atom. The highest BCUT2D eigenvalue weighted by Crippen LogP contribution is 2.31. The van der Waals surface area contributed by atoms with Crippen molar-refractivity contribution in [2.24, 2.45) is 0 Å². The summed E-state index contributed by atoms with van der Waals surface area (Å²) in [4.78, 5) is 14.7. The number of rotatable bonds is 6. The molecule has 0 saturated carbocycles. The predicted molar refractivity (Wildman–Crippen MR) is 106 cm³/mol. The van der Waals surface area contributed by atoms with E-state index >= 15 is 0 Å². The number of carbonyl (C=O) groups excluding carboxylic acids is 1. The lowest BCUT2D eigenvalue weighted by Crippen LogP contribution is -2.47. The van der Waals surface area contributed by atoms with E-state index in [0.717, 1.165) is 0 Å². The van der Waals surface area contributed by atoms with Crippen molar-refractivity contribution in [1.82, 2.24) is 10.2 Å². The molecule has 2 aromatic carbocycles. The molecule has 5 nitrogen and oxygen atoms in total. The van der Waals surface area contributed by atoms with Crippen LogP contribution in [0.3, 0.4) is 0 Å². The Bertz CT molecular complexity index is 796. The molecule has 2 aromatic rings. The van der Waals surface area contributed by atoms with Gasteiger partial charge in [-0.2, -0.15) is 0 Å². The van der Waals surface area contributed by atoms with Crippen LogP contribution in [-0.4, -0.2) is 50.3 Å². The van der Waals surface area contributed by atoms with Gasteiger partial charge in [0.25, 0.3) is 5.91 Å². The van der Waals surface area contributed by atoms with E-state index in [1.165, 1.54) is 6.07 Å². The molecule has 2 atom stereocenters. The van der Waals surface area contributed by atoms with E-state index in [1.807, 2.05) is 6.92 Å². The van der Waals surface area contributed by atoms with Gasteiger partial charge in [0.05, 0.1) is 25.9 Å². The standard InChI is InChI=1S/C21H24ClFN2O3/c1-14-13-25(10-11-28-14)19(20-17(22)4-3-5-18(20)23)12-24-21(26)15-6-8-16(27-2)9-7-15/h3-9,14,19H,10-13H2,1-2H3,(H,24,26). The quantitative estimate of drug-likeness (QED) is 0.795. The number of hydrogen-bond acceptors (Lipinski definition) is 4. The van der Waals surface area contributed by atoms with E-state index in [-0.39, 0.29) is 30.4 Å². The van der Waals surface area contributed by atoms with Crippen molar-refractivity contribution >= 4 is 17.5 Å². The summed E-state index contributed by atoms with van der Waals surface area (Å²) in [7, 11) is 1.57. The molecule has 3 rings (SSSR count). The third-order valence-corrected chi connectivity index (χ3v) is 5.18. The maximum absolute atomic E-state index is 14.6. The zero-order valence-electron chi connectivity index (χ0n) is 16.0. The van der Waals surface area contributed by atoms with Crippen LogP contribution < -0.4 is 10.1 Å². The number of hydrogen-bond donors (Lipinski definition) is 1. The summed E-state index contributed by atoms with van der Waals surface area (Å²) >= 11 is 6.32. The Balaban J connectivity index is 1.79. The van der Waals surface area contributed by atoms with Crippen molar-refractivity contribution in [3.8, 4) is 5.75 Å². The molecule has 1 aliphatic heterocycles. The summed E-state index contributed by atoms with van der Waals surface area (Å²) in [6, 6.07) is 11.1. The molecule has 2 unspecified atom stereocenters. The Morgan fingerprint density at radius 2 is 2.11 bits per heavy atom. The molecule has 0 radical (unpaired) electrons. The van der Waals surface area contributed by atoms with Crippen LogP contribution in [0.4, 0.5) is 4.39 Å². The largest absolute Gasteiger partial charge is 0.497 e. The molecule has 7 heteroatoms. The Morgan fingerprint density at radius 1 is 1.36 bits per heavy atom. The predicted octanol–water partition coefficient (Wildman–Crippen LogP) is 3.68. The first-order valence-electron chi connectivity index (χ1n) is 9.21.